The van der Waals surface area contributed by atoms with Crippen LogP contribution < -0.4 is 5.32 Å². The molecule has 3 rings (SSSR count). The summed E-state index contributed by atoms with van der Waals surface area (Å²) in [7, 11) is -3.58. The first kappa shape index (κ1) is 21.7. The molecule has 0 saturated heterocycles. The molecule has 12 heteroatoms. The minimum Gasteiger partial charge on any atom is -0.448 e. The lowest BCUT2D eigenvalue weighted by atomic mass is 10.1. The summed E-state index contributed by atoms with van der Waals surface area (Å²) in [6.45, 7) is 0.0453. The number of non-ortho nitro benzene ring substituents is 1. The highest BCUT2D eigenvalue weighted by Crippen LogP contribution is 2.43. The van der Waals surface area contributed by atoms with Gasteiger partial charge in [0.15, 0.2) is 9.84 Å². The minimum absolute atomic E-state index is 0.0132. The van der Waals surface area contributed by atoms with Crippen molar-refractivity contribution in [2.45, 2.75) is 10.1 Å². The number of fused-ring (bicyclic) bond motifs is 1. The van der Waals surface area contributed by atoms with E-state index in [9.17, 15) is 23.3 Å². The second kappa shape index (κ2) is 8.78. The first-order valence-electron chi connectivity index (χ1n) is 8.18. The van der Waals surface area contributed by atoms with Gasteiger partial charge in [0.25, 0.3) is 5.69 Å². The van der Waals surface area contributed by atoms with Crippen LogP contribution in [0.3, 0.4) is 0 Å². The molecule has 0 radical (unpaired) electrons. The Labute approximate surface area is 180 Å². The van der Waals surface area contributed by atoms with Crippen LogP contribution in [0.2, 0.25) is 10.0 Å². The van der Waals surface area contributed by atoms with Crippen molar-refractivity contribution in [2.75, 3.05) is 23.4 Å². The van der Waals surface area contributed by atoms with Crippen LogP contribution in [0, 0.1) is 10.1 Å². The van der Waals surface area contributed by atoms with Gasteiger partial charge in [0.2, 0.25) is 0 Å². The van der Waals surface area contributed by atoms with E-state index >= 15 is 0 Å². The number of anilines is 1. The largest absolute Gasteiger partial charge is 0.448 e. The van der Waals surface area contributed by atoms with Crippen molar-refractivity contribution < 1.29 is 22.9 Å². The van der Waals surface area contributed by atoms with Gasteiger partial charge in [-0.15, -0.1) is 11.8 Å². The summed E-state index contributed by atoms with van der Waals surface area (Å²) in [5, 5.41) is 13.7. The Morgan fingerprint density at radius 3 is 2.59 bits per heavy atom. The zero-order chi connectivity index (χ0) is 21.2. The third-order valence-electron chi connectivity index (χ3n) is 4.01. The molecule has 0 unspecified atom stereocenters. The zero-order valence-corrected chi connectivity index (χ0v) is 17.8. The van der Waals surface area contributed by atoms with E-state index in [1.54, 1.807) is 0 Å². The summed E-state index contributed by atoms with van der Waals surface area (Å²) in [5.41, 5.74) is 0.648. The van der Waals surface area contributed by atoms with E-state index < -0.39 is 20.9 Å². The van der Waals surface area contributed by atoms with Crippen LogP contribution >= 0.6 is 35.0 Å². The Hall–Kier alpha value is -2.01. The predicted molar refractivity (Wildman–Crippen MR) is 112 cm³/mol. The molecule has 0 saturated carbocycles. The molecule has 154 valence electrons. The van der Waals surface area contributed by atoms with Gasteiger partial charge < -0.3 is 4.74 Å². The topological polar surface area (TPSA) is 116 Å². The number of nitrogens with one attached hydrogen (secondary N) is 1. The first-order chi connectivity index (χ1) is 13.7. The smallest absolute Gasteiger partial charge is 0.411 e. The lowest BCUT2D eigenvalue weighted by Crippen LogP contribution is -2.15. The van der Waals surface area contributed by atoms with E-state index in [4.69, 9.17) is 27.9 Å². The van der Waals surface area contributed by atoms with Crippen molar-refractivity contribution in [1.82, 2.24) is 0 Å². The maximum absolute atomic E-state index is 12.3. The van der Waals surface area contributed by atoms with Crippen molar-refractivity contribution >= 4 is 62.3 Å². The van der Waals surface area contributed by atoms with Gasteiger partial charge in [0, 0.05) is 38.9 Å². The number of thioether (sulfide) groups is 1. The molecule has 0 fully saturated rings. The number of ether oxygens (including phenoxy) is 1. The average Bonchev–Trinajstić information content (AvgIpc) is 2.88. The second-order valence-electron chi connectivity index (χ2n) is 6.04. The van der Waals surface area contributed by atoms with Crippen molar-refractivity contribution in [1.29, 1.82) is 0 Å². The molecule has 2 aromatic carbocycles. The summed E-state index contributed by atoms with van der Waals surface area (Å²) in [6.07, 6.45) is -0.695. The third kappa shape index (κ3) is 5.33. The minimum atomic E-state index is -3.58. The summed E-state index contributed by atoms with van der Waals surface area (Å²) in [6, 6.07) is 8.40. The molecule has 0 aliphatic carbocycles. The number of nitro benzene ring substituents is 1. The highest BCUT2D eigenvalue weighted by molar-refractivity contribution is 8.01. The summed E-state index contributed by atoms with van der Waals surface area (Å²) in [5.74, 6) is 0.196. The molecule has 0 spiro atoms. The number of hydrogen-bond donors (Lipinski definition) is 1. The fourth-order valence-electron chi connectivity index (χ4n) is 2.79. The Morgan fingerprint density at radius 2 is 1.93 bits per heavy atom. The summed E-state index contributed by atoms with van der Waals surface area (Å²) < 4.78 is 29.6. The molecule has 1 aliphatic heterocycles. The maximum Gasteiger partial charge on any atom is 0.411 e. The summed E-state index contributed by atoms with van der Waals surface area (Å²) in [4.78, 5) is 22.1. The first-order valence-corrected chi connectivity index (χ1v) is 11.6. The molecule has 29 heavy (non-hydrogen) atoms. The van der Waals surface area contributed by atoms with Crippen molar-refractivity contribution in [3.63, 3.8) is 0 Å². The zero-order valence-electron chi connectivity index (χ0n) is 14.6. The van der Waals surface area contributed by atoms with Crippen LogP contribution in [-0.4, -0.2) is 37.5 Å². The highest BCUT2D eigenvalue weighted by Gasteiger charge is 2.36. The summed E-state index contributed by atoms with van der Waals surface area (Å²) >= 11 is 13.0. The number of amides is 1. The lowest BCUT2D eigenvalue weighted by Gasteiger charge is -2.11. The molecule has 0 aromatic heterocycles. The van der Waals surface area contributed by atoms with E-state index in [1.165, 1.54) is 42.1 Å². The van der Waals surface area contributed by atoms with Gasteiger partial charge in [-0.1, -0.05) is 23.2 Å². The second-order valence-corrected chi connectivity index (χ2v) is 10.2. The Bertz CT molecular complexity index is 1060. The number of carbonyl (C=O) groups excluding carboxylic acids is 1. The fourth-order valence-corrected chi connectivity index (χ4v) is 6.79. The van der Waals surface area contributed by atoms with Gasteiger partial charge in [-0.25, -0.2) is 13.2 Å². The normalized spacial score (nSPS) is 16.8. The number of nitro groups is 1. The molecular formula is C17H14Cl2N2O6S2. The number of rotatable bonds is 6. The standard InChI is InChI=1S/C17H14Cl2N2O6S2/c18-10-5-11(19)7-12(6-10)20-17(22)27-3-4-28-15-9-29(25,26)16-8-13(21(23)24)1-2-14(15)16/h1-2,5-8,15H,3-4,9H2,(H,20,22)/t15-/m0/s1. The number of sulfone groups is 1. The lowest BCUT2D eigenvalue weighted by molar-refractivity contribution is -0.385. The molecule has 1 aliphatic rings. The van der Waals surface area contributed by atoms with Gasteiger partial charge in [-0.05, 0) is 29.8 Å². The fraction of sp³-hybridized carbons (Fsp3) is 0.235. The highest BCUT2D eigenvalue weighted by atomic mass is 35.5. The monoisotopic (exact) mass is 476 g/mol. The van der Waals surface area contributed by atoms with Crippen LogP contribution in [0.5, 0.6) is 0 Å². The maximum atomic E-state index is 12.3. The van der Waals surface area contributed by atoms with Gasteiger partial charge in [0.1, 0.15) is 6.61 Å². The van der Waals surface area contributed by atoms with Gasteiger partial charge >= 0.3 is 6.09 Å². The van der Waals surface area contributed by atoms with Crippen LogP contribution in [0.4, 0.5) is 16.2 Å². The van der Waals surface area contributed by atoms with Crippen molar-refractivity contribution in [3.8, 4) is 0 Å². The molecule has 1 heterocycles. The Kier molecular flexibility index (Phi) is 6.57. The number of hydrogen-bond acceptors (Lipinski definition) is 7. The molecule has 2 aromatic rings. The van der Waals surface area contributed by atoms with E-state index in [1.807, 2.05) is 0 Å². The van der Waals surface area contributed by atoms with Gasteiger partial charge in [-0.3, -0.25) is 15.4 Å². The van der Waals surface area contributed by atoms with Crippen molar-refractivity contribution in [3.05, 3.63) is 62.1 Å². The molecule has 8 nitrogen and oxygen atoms in total. The SMILES string of the molecule is O=C(Nc1cc(Cl)cc(Cl)c1)OCCS[C@H]1CS(=O)(=O)c2cc([N+](=O)[O-])ccc21. The molecular weight excluding hydrogens is 463 g/mol. The van der Waals surface area contributed by atoms with Gasteiger partial charge in [0.05, 0.1) is 15.6 Å². The van der Waals surface area contributed by atoms with Crippen LogP contribution in [0.1, 0.15) is 10.8 Å². The van der Waals surface area contributed by atoms with E-state index in [0.717, 1.165) is 6.07 Å². The molecule has 0 bridgehead atoms. The van der Waals surface area contributed by atoms with Gasteiger partial charge in [-0.2, -0.15) is 0 Å². The Morgan fingerprint density at radius 1 is 1.24 bits per heavy atom. The predicted octanol–water partition coefficient (Wildman–Crippen LogP) is 4.71. The Balaban J connectivity index is 1.54. The van der Waals surface area contributed by atoms with Crippen LogP contribution in [-0.2, 0) is 14.6 Å². The molecule has 1 amide bonds. The van der Waals surface area contributed by atoms with Crippen LogP contribution in [0.25, 0.3) is 0 Å². The number of halogens is 2. The van der Waals surface area contributed by atoms with E-state index in [-0.39, 0.29) is 28.2 Å². The number of benzene rings is 2. The average molecular weight is 477 g/mol. The number of nitrogens with zero attached hydrogens (tertiary/aromatic N) is 1. The third-order valence-corrected chi connectivity index (χ3v) is 7.67. The van der Waals surface area contributed by atoms with E-state index in [2.05, 4.69) is 5.32 Å². The quantitative estimate of drug-likeness (QED) is 0.364. The number of carbonyl (C=O) groups is 1. The van der Waals surface area contributed by atoms with E-state index in [0.29, 0.717) is 27.0 Å². The van der Waals surface area contributed by atoms with Crippen LogP contribution in [0.15, 0.2) is 41.3 Å². The molecule has 1 atom stereocenters. The van der Waals surface area contributed by atoms with Crippen molar-refractivity contribution in [2.24, 2.45) is 0 Å². The molecule has 1 N–H and O–H groups in total.